The third-order valence-electron chi connectivity index (χ3n) is 5.69. The molecule has 0 aliphatic carbocycles. The number of hydrogen-bond acceptors (Lipinski definition) is 7. The number of carboxylic acids is 1. The van der Waals surface area contributed by atoms with E-state index >= 15 is 0 Å². The number of nitrogens with one attached hydrogen (secondary N) is 3. The summed E-state index contributed by atoms with van der Waals surface area (Å²) in [5, 5.41) is 17.1. The van der Waals surface area contributed by atoms with Gasteiger partial charge in [-0.25, -0.2) is 4.79 Å². The maximum absolute atomic E-state index is 12.9. The highest BCUT2D eigenvalue weighted by molar-refractivity contribution is 7.80. The van der Waals surface area contributed by atoms with E-state index in [1.165, 1.54) is 0 Å². The predicted molar refractivity (Wildman–Crippen MR) is 127 cm³/mol. The molecular formula is C21H41N5O5S. The van der Waals surface area contributed by atoms with Gasteiger partial charge in [0.05, 0.1) is 6.04 Å². The third kappa shape index (κ3) is 10.2. The number of carboxylic acid groups (broad SMARTS) is 1. The average molecular weight is 476 g/mol. The Kier molecular flexibility index (Phi) is 15.0. The highest BCUT2D eigenvalue weighted by atomic mass is 32.1. The van der Waals surface area contributed by atoms with Gasteiger partial charge in [-0.15, -0.1) is 0 Å². The number of nitrogens with two attached hydrogens (primary N) is 2. The van der Waals surface area contributed by atoms with E-state index in [2.05, 4.69) is 28.6 Å². The highest BCUT2D eigenvalue weighted by Crippen LogP contribution is 2.11. The van der Waals surface area contributed by atoms with Gasteiger partial charge in [-0.3, -0.25) is 14.4 Å². The fourth-order valence-electron chi connectivity index (χ4n) is 2.99. The van der Waals surface area contributed by atoms with Crippen molar-refractivity contribution >= 4 is 36.3 Å². The first-order valence-electron chi connectivity index (χ1n) is 11.2. The van der Waals surface area contributed by atoms with E-state index in [1.807, 2.05) is 20.8 Å². The highest BCUT2D eigenvalue weighted by Gasteiger charge is 2.32. The Bertz CT molecular complexity index is 621. The zero-order valence-corrected chi connectivity index (χ0v) is 20.5. The molecule has 0 bridgehead atoms. The normalized spacial score (nSPS) is 16.7. The summed E-state index contributed by atoms with van der Waals surface area (Å²) in [5.41, 5.74) is 11.4. The Morgan fingerprint density at radius 1 is 0.875 bits per heavy atom. The van der Waals surface area contributed by atoms with Crippen molar-refractivity contribution in [3.05, 3.63) is 0 Å². The molecule has 0 aliphatic heterocycles. The number of thiol groups is 1. The van der Waals surface area contributed by atoms with Gasteiger partial charge in [0, 0.05) is 5.75 Å². The van der Waals surface area contributed by atoms with Crippen molar-refractivity contribution in [2.75, 3.05) is 12.3 Å². The molecule has 8 N–H and O–H groups in total. The van der Waals surface area contributed by atoms with E-state index in [-0.39, 0.29) is 17.6 Å². The van der Waals surface area contributed by atoms with Crippen molar-refractivity contribution in [2.45, 2.75) is 84.0 Å². The van der Waals surface area contributed by atoms with Crippen LogP contribution in [0.2, 0.25) is 0 Å². The van der Waals surface area contributed by atoms with Crippen LogP contribution in [0.5, 0.6) is 0 Å². The predicted octanol–water partition coefficient (Wildman–Crippen LogP) is 0.00370. The first kappa shape index (κ1) is 30.1. The summed E-state index contributed by atoms with van der Waals surface area (Å²) in [6.45, 7) is 7.75. The minimum absolute atomic E-state index is 0.0375. The molecule has 6 unspecified atom stereocenters. The zero-order chi connectivity index (χ0) is 24.8. The summed E-state index contributed by atoms with van der Waals surface area (Å²) < 4.78 is 0. The van der Waals surface area contributed by atoms with Crippen molar-refractivity contribution in [2.24, 2.45) is 23.3 Å². The molecule has 32 heavy (non-hydrogen) atoms. The molecule has 0 spiro atoms. The number of unbranched alkanes of at least 4 members (excludes halogenated alkanes) is 1. The molecule has 0 saturated heterocycles. The monoisotopic (exact) mass is 475 g/mol. The number of rotatable bonds is 16. The molecule has 0 saturated carbocycles. The number of carbonyl (C=O) groups is 4. The second-order valence-corrected chi connectivity index (χ2v) is 8.58. The van der Waals surface area contributed by atoms with Crippen LogP contribution in [0.3, 0.4) is 0 Å². The molecule has 3 amide bonds. The minimum Gasteiger partial charge on any atom is -0.480 e. The summed E-state index contributed by atoms with van der Waals surface area (Å²) in [6.07, 6.45) is 3.07. The van der Waals surface area contributed by atoms with E-state index in [1.54, 1.807) is 6.92 Å². The lowest BCUT2D eigenvalue weighted by molar-refractivity contribution is -0.143. The Balaban J connectivity index is 5.25. The van der Waals surface area contributed by atoms with Crippen LogP contribution in [0.25, 0.3) is 0 Å². The van der Waals surface area contributed by atoms with Gasteiger partial charge in [0.25, 0.3) is 0 Å². The summed E-state index contributed by atoms with van der Waals surface area (Å²) >= 11 is 4.13. The zero-order valence-electron chi connectivity index (χ0n) is 19.6. The largest absolute Gasteiger partial charge is 0.480 e. The molecule has 186 valence electrons. The van der Waals surface area contributed by atoms with Gasteiger partial charge in [-0.05, 0) is 31.2 Å². The van der Waals surface area contributed by atoms with E-state index in [4.69, 9.17) is 11.5 Å². The average Bonchev–Trinajstić information content (AvgIpc) is 2.77. The van der Waals surface area contributed by atoms with Crippen LogP contribution in [0.4, 0.5) is 0 Å². The van der Waals surface area contributed by atoms with Gasteiger partial charge in [0.1, 0.15) is 18.1 Å². The van der Waals surface area contributed by atoms with Gasteiger partial charge >= 0.3 is 5.97 Å². The Labute approximate surface area is 196 Å². The van der Waals surface area contributed by atoms with Crippen LogP contribution in [0.15, 0.2) is 0 Å². The smallest absolute Gasteiger partial charge is 0.326 e. The standard InChI is InChI=1S/C21H41N5O5S/c1-5-12(3)16(25-18(27)14(23)9-7-8-10-22)20(29)24-15(11-32)19(28)26-17(21(30)31)13(4)6-2/h12-17,32H,5-11,22-23H2,1-4H3,(H,24,29)(H,25,27)(H,26,28)(H,30,31). The molecular weight excluding hydrogens is 434 g/mol. The first-order chi connectivity index (χ1) is 15.0. The van der Waals surface area contributed by atoms with Crippen molar-refractivity contribution in [3.8, 4) is 0 Å². The number of amides is 3. The quantitative estimate of drug-likeness (QED) is 0.121. The molecule has 10 nitrogen and oxygen atoms in total. The van der Waals surface area contributed by atoms with Gasteiger partial charge in [-0.1, -0.05) is 47.0 Å². The maximum atomic E-state index is 12.9. The molecule has 0 radical (unpaired) electrons. The molecule has 11 heteroatoms. The van der Waals surface area contributed by atoms with Crippen molar-refractivity contribution in [1.29, 1.82) is 0 Å². The van der Waals surface area contributed by atoms with Crippen molar-refractivity contribution < 1.29 is 24.3 Å². The Morgan fingerprint density at radius 2 is 1.41 bits per heavy atom. The number of hydrogen-bond donors (Lipinski definition) is 7. The summed E-state index contributed by atoms with van der Waals surface area (Å²) in [5.74, 6) is -3.33. The number of carbonyl (C=O) groups excluding carboxylic acids is 3. The molecule has 6 atom stereocenters. The van der Waals surface area contributed by atoms with E-state index in [9.17, 15) is 24.3 Å². The van der Waals surface area contributed by atoms with Crippen molar-refractivity contribution in [3.63, 3.8) is 0 Å². The lowest BCUT2D eigenvalue weighted by Crippen LogP contribution is -2.59. The Hall–Kier alpha value is -1.85. The molecule has 0 heterocycles. The topological polar surface area (TPSA) is 177 Å². The van der Waals surface area contributed by atoms with Gasteiger partial charge in [-0.2, -0.15) is 12.6 Å². The molecule has 0 aromatic carbocycles. The van der Waals surface area contributed by atoms with Crippen LogP contribution in [-0.4, -0.2) is 65.3 Å². The Morgan fingerprint density at radius 3 is 1.88 bits per heavy atom. The van der Waals surface area contributed by atoms with Crippen LogP contribution in [-0.2, 0) is 19.2 Å². The van der Waals surface area contributed by atoms with Crippen LogP contribution in [0, 0.1) is 11.8 Å². The molecule has 0 fully saturated rings. The van der Waals surface area contributed by atoms with E-state index in [0.29, 0.717) is 32.2 Å². The van der Waals surface area contributed by atoms with Gasteiger partial charge < -0.3 is 32.5 Å². The van der Waals surface area contributed by atoms with E-state index < -0.39 is 47.9 Å². The molecule has 0 aromatic heterocycles. The second kappa shape index (κ2) is 15.9. The lowest BCUT2D eigenvalue weighted by Gasteiger charge is -2.28. The third-order valence-corrected chi connectivity index (χ3v) is 6.06. The van der Waals surface area contributed by atoms with Crippen LogP contribution < -0.4 is 27.4 Å². The molecule has 0 aliphatic rings. The molecule has 0 aromatic rings. The lowest BCUT2D eigenvalue weighted by atomic mass is 9.97. The SMILES string of the molecule is CCC(C)C(NC(=O)C(CS)NC(=O)C(NC(=O)C(N)CCCCN)C(C)CC)C(=O)O. The van der Waals surface area contributed by atoms with E-state index in [0.717, 1.165) is 6.42 Å². The maximum Gasteiger partial charge on any atom is 0.326 e. The second-order valence-electron chi connectivity index (χ2n) is 8.22. The minimum atomic E-state index is -1.15. The van der Waals surface area contributed by atoms with Gasteiger partial charge in [0.15, 0.2) is 0 Å². The van der Waals surface area contributed by atoms with Crippen LogP contribution in [0.1, 0.15) is 59.8 Å². The first-order valence-corrected chi connectivity index (χ1v) is 11.9. The summed E-state index contributed by atoms with van der Waals surface area (Å²) in [4.78, 5) is 49.5. The summed E-state index contributed by atoms with van der Waals surface area (Å²) in [6, 6.07) is -3.80. The van der Waals surface area contributed by atoms with Crippen molar-refractivity contribution in [1.82, 2.24) is 16.0 Å². The fourth-order valence-corrected chi connectivity index (χ4v) is 3.25. The summed E-state index contributed by atoms with van der Waals surface area (Å²) in [7, 11) is 0. The van der Waals surface area contributed by atoms with Crippen LogP contribution >= 0.6 is 12.6 Å². The number of aliphatic carboxylic acids is 1. The fraction of sp³-hybridized carbons (Fsp3) is 0.810. The van der Waals surface area contributed by atoms with Gasteiger partial charge in [0.2, 0.25) is 17.7 Å². The molecule has 0 rings (SSSR count).